The molecule has 2 N–H and O–H groups in total. The van der Waals surface area contributed by atoms with Crippen LogP contribution in [0.3, 0.4) is 0 Å². The van der Waals surface area contributed by atoms with Crippen LogP contribution in [0.15, 0.2) is 18.2 Å². The predicted molar refractivity (Wildman–Crippen MR) is 77.7 cm³/mol. The minimum absolute atomic E-state index is 0.0239. The highest BCUT2D eigenvalue weighted by Gasteiger charge is 2.19. The summed E-state index contributed by atoms with van der Waals surface area (Å²) in [5, 5.41) is 18.3. The van der Waals surface area contributed by atoms with Crippen molar-refractivity contribution in [3.05, 3.63) is 29.3 Å². The second kappa shape index (κ2) is 6.92. The van der Waals surface area contributed by atoms with Gasteiger partial charge < -0.3 is 14.9 Å². The first-order valence-corrected chi connectivity index (χ1v) is 6.93. The van der Waals surface area contributed by atoms with Gasteiger partial charge in [-0.2, -0.15) is 0 Å². The van der Waals surface area contributed by atoms with E-state index in [1.807, 2.05) is 19.1 Å². The minimum atomic E-state index is -0.635. The first-order chi connectivity index (χ1) is 8.88. The van der Waals surface area contributed by atoms with E-state index in [-0.39, 0.29) is 12.0 Å². The van der Waals surface area contributed by atoms with Gasteiger partial charge in [-0.25, -0.2) is 0 Å². The number of hydrogen-bond acceptors (Lipinski definition) is 3. The van der Waals surface area contributed by atoms with E-state index in [9.17, 15) is 5.11 Å². The zero-order chi connectivity index (χ0) is 14.5. The summed E-state index contributed by atoms with van der Waals surface area (Å²) >= 11 is 0. The summed E-state index contributed by atoms with van der Waals surface area (Å²) in [6.07, 6.45) is 0.704. The maximum Gasteiger partial charge on any atom is 0.123 e. The summed E-state index contributed by atoms with van der Waals surface area (Å²) in [7, 11) is 0. The third-order valence-corrected chi connectivity index (χ3v) is 3.13. The molecule has 0 bridgehead atoms. The summed E-state index contributed by atoms with van der Waals surface area (Å²) in [4.78, 5) is 0. The molecule has 1 aromatic rings. The van der Waals surface area contributed by atoms with Crippen LogP contribution in [0, 0.1) is 0 Å². The highest BCUT2D eigenvalue weighted by molar-refractivity contribution is 5.41. The second-order valence-electron chi connectivity index (χ2n) is 5.89. The Hall–Kier alpha value is -1.06. The molecule has 3 heteroatoms. The summed E-state index contributed by atoms with van der Waals surface area (Å²) < 4.78 is 5.68. The van der Waals surface area contributed by atoms with Gasteiger partial charge in [0.1, 0.15) is 5.75 Å². The van der Waals surface area contributed by atoms with E-state index in [4.69, 9.17) is 9.84 Å². The highest BCUT2D eigenvalue weighted by Crippen LogP contribution is 2.32. The van der Waals surface area contributed by atoms with Crippen molar-refractivity contribution >= 4 is 0 Å². The van der Waals surface area contributed by atoms with Crippen molar-refractivity contribution in [1.29, 1.82) is 0 Å². The smallest absolute Gasteiger partial charge is 0.123 e. The van der Waals surface area contributed by atoms with Crippen molar-refractivity contribution in [2.24, 2.45) is 0 Å². The van der Waals surface area contributed by atoms with Crippen LogP contribution in [0.1, 0.15) is 45.2 Å². The third kappa shape index (κ3) is 4.84. The summed E-state index contributed by atoms with van der Waals surface area (Å²) in [6.45, 7) is 8.96. The van der Waals surface area contributed by atoms with E-state index in [1.54, 1.807) is 0 Å². The van der Waals surface area contributed by atoms with Crippen LogP contribution in [-0.4, -0.2) is 29.5 Å². The molecule has 0 aliphatic rings. The lowest BCUT2D eigenvalue weighted by molar-refractivity contribution is 0.0886. The van der Waals surface area contributed by atoms with Crippen LogP contribution in [0.2, 0.25) is 0 Å². The Morgan fingerprint density at radius 2 is 1.95 bits per heavy atom. The number of hydrogen-bond donors (Lipinski definition) is 2. The largest absolute Gasteiger partial charge is 0.494 e. The molecule has 0 aliphatic heterocycles. The monoisotopic (exact) mass is 266 g/mol. The molecule has 1 rings (SSSR count). The minimum Gasteiger partial charge on any atom is -0.494 e. The van der Waals surface area contributed by atoms with Crippen LogP contribution < -0.4 is 4.74 Å². The number of aliphatic hydroxyl groups excluding tert-OH is 2. The molecule has 0 aliphatic carbocycles. The fourth-order valence-electron chi connectivity index (χ4n) is 2.02. The average molecular weight is 266 g/mol. The summed E-state index contributed by atoms with van der Waals surface area (Å²) in [5.41, 5.74) is 2.38. The summed E-state index contributed by atoms with van der Waals surface area (Å²) in [5.74, 6) is 0.932. The van der Waals surface area contributed by atoms with Crippen molar-refractivity contribution in [3.8, 4) is 5.75 Å². The SMILES string of the molecule is CCOc1ccc(CCC(O)CO)cc1C(C)(C)C. The average Bonchev–Trinajstić information content (AvgIpc) is 2.36. The van der Waals surface area contributed by atoms with E-state index in [1.165, 1.54) is 11.1 Å². The highest BCUT2D eigenvalue weighted by atomic mass is 16.5. The lowest BCUT2D eigenvalue weighted by Crippen LogP contribution is -2.15. The van der Waals surface area contributed by atoms with Gasteiger partial charge in [-0.05, 0) is 42.4 Å². The molecule has 0 saturated carbocycles. The van der Waals surface area contributed by atoms with Gasteiger partial charge >= 0.3 is 0 Å². The van der Waals surface area contributed by atoms with Gasteiger partial charge in [-0.3, -0.25) is 0 Å². The number of benzene rings is 1. The Kier molecular flexibility index (Phi) is 5.83. The molecule has 0 amide bonds. The van der Waals surface area contributed by atoms with Crippen LogP contribution >= 0.6 is 0 Å². The molecule has 1 unspecified atom stereocenters. The first kappa shape index (κ1) is 16.0. The fraction of sp³-hybridized carbons (Fsp3) is 0.625. The molecule has 3 nitrogen and oxygen atoms in total. The molecule has 1 aromatic carbocycles. The molecule has 0 radical (unpaired) electrons. The molecular weight excluding hydrogens is 240 g/mol. The first-order valence-electron chi connectivity index (χ1n) is 6.93. The molecule has 0 spiro atoms. The third-order valence-electron chi connectivity index (χ3n) is 3.13. The number of aliphatic hydroxyl groups is 2. The topological polar surface area (TPSA) is 49.7 Å². The van der Waals surface area contributed by atoms with Gasteiger partial charge in [-0.15, -0.1) is 0 Å². The van der Waals surface area contributed by atoms with Crippen molar-refractivity contribution in [2.45, 2.75) is 52.1 Å². The molecule has 0 saturated heterocycles. The lowest BCUT2D eigenvalue weighted by atomic mass is 9.85. The van der Waals surface area contributed by atoms with Crippen LogP contribution in [0.5, 0.6) is 5.75 Å². The Morgan fingerprint density at radius 3 is 2.47 bits per heavy atom. The maximum absolute atomic E-state index is 9.41. The van der Waals surface area contributed by atoms with Crippen LogP contribution in [0.25, 0.3) is 0 Å². The Balaban J connectivity index is 2.92. The number of rotatable bonds is 6. The molecule has 0 fully saturated rings. The van der Waals surface area contributed by atoms with Gasteiger partial charge in [0.05, 0.1) is 19.3 Å². The standard InChI is InChI=1S/C16H26O3/c1-5-19-15-9-7-12(6-8-13(18)11-17)10-14(15)16(2,3)4/h7,9-10,13,17-18H,5-6,8,11H2,1-4H3. The second-order valence-corrected chi connectivity index (χ2v) is 5.89. The predicted octanol–water partition coefficient (Wildman–Crippen LogP) is 2.67. The molecular formula is C16H26O3. The van der Waals surface area contributed by atoms with E-state index < -0.39 is 6.10 Å². The number of aryl methyl sites for hydroxylation is 1. The lowest BCUT2D eigenvalue weighted by Gasteiger charge is -2.23. The normalized spacial score (nSPS) is 13.4. The summed E-state index contributed by atoms with van der Waals surface area (Å²) in [6, 6.07) is 6.18. The Morgan fingerprint density at radius 1 is 1.26 bits per heavy atom. The van der Waals surface area contributed by atoms with E-state index >= 15 is 0 Å². The van der Waals surface area contributed by atoms with Crippen molar-refractivity contribution in [1.82, 2.24) is 0 Å². The molecule has 0 heterocycles. The van der Waals surface area contributed by atoms with Crippen LogP contribution in [-0.2, 0) is 11.8 Å². The Labute approximate surface area is 116 Å². The molecule has 0 aromatic heterocycles. The maximum atomic E-state index is 9.41. The molecule has 1 atom stereocenters. The fourth-order valence-corrected chi connectivity index (χ4v) is 2.02. The zero-order valence-electron chi connectivity index (χ0n) is 12.4. The van der Waals surface area contributed by atoms with Crippen LogP contribution in [0.4, 0.5) is 0 Å². The Bertz CT molecular complexity index is 393. The number of ether oxygens (including phenoxy) is 1. The van der Waals surface area contributed by atoms with Crippen molar-refractivity contribution in [2.75, 3.05) is 13.2 Å². The van der Waals surface area contributed by atoms with Crippen molar-refractivity contribution < 1.29 is 14.9 Å². The van der Waals surface area contributed by atoms with Crippen molar-refractivity contribution in [3.63, 3.8) is 0 Å². The molecule has 108 valence electrons. The van der Waals surface area contributed by atoms with E-state index in [2.05, 4.69) is 26.8 Å². The van der Waals surface area contributed by atoms with E-state index in [0.717, 1.165) is 12.2 Å². The zero-order valence-corrected chi connectivity index (χ0v) is 12.4. The van der Waals surface area contributed by atoms with Gasteiger partial charge in [0.25, 0.3) is 0 Å². The molecule has 19 heavy (non-hydrogen) atoms. The quantitative estimate of drug-likeness (QED) is 0.832. The van der Waals surface area contributed by atoms with Gasteiger partial charge in [0.2, 0.25) is 0 Å². The van der Waals surface area contributed by atoms with Gasteiger partial charge in [0.15, 0.2) is 0 Å². The van der Waals surface area contributed by atoms with E-state index in [0.29, 0.717) is 13.0 Å². The van der Waals surface area contributed by atoms with Gasteiger partial charge in [0, 0.05) is 0 Å². The van der Waals surface area contributed by atoms with Gasteiger partial charge in [-0.1, -0.05) is 32.9 Å².